The van der Waals surface area contributed by atoms with Crippen LogP contribution in [0.3, 0.4) is 0 Å². The number of cyclic esters (lactones) is 1. The lowest BCUT2D eigenvalue weighted by molar-refractivity contribution is -0.251. The van der Waals surface area contributed by atoms with E-state index in [-0.39, 0.29) is 0 Å². The maximum Gasteiger partial charge on any atom is 0.436 e. The van der Waals surface area contributed by atoms with E-state index < -0.39 is 35.6 Å². The lowest BCUT2D eigenvalue weighted by Crippen LogP contribution is -2.54. The summed E-state index contributed by atoms with van der Waals surface area (Å²) in [6, 6.07) is 0. The van der Waals surface area contributed by atoms with E-state index in [2.05, 4.69) is 21.7 Å². The maximum absolute atomic E-state index is 12.1. The van der Waals surface area contributed by atoms with Gasteiger partial charge in [0.15, 0.2) is 0 Å². The van der Waals surface area contributed by atoms with E-state index in [0.29, 0.717) is 0 Å². The van der Waals surface area contributed by atoms with Gasteiger partial charge in [-0.2, -0.15) is 26.3 Å². The molecule has 0 saturated carbocycles. The standard InChI is InChI=1S/C6H2F6O3S/c7-5(8,9)1-3(13)14-2(4(16)15-1)6(10,11)12/h1-2H. The van der Waals surface area contributed by atoms with Gasteiger partial charge in [-0.15, -0.1) is 0 Å². The minimum Gasteiger partial charge on any atom is -0.458 e. The molecular weight excluding hydrogens is 266 g/mol. The predicted octanol–water partition coefficient (Wildman–Crippen LogP) is 1.75. The third-order valence-corrected chi connectivity index (χ3v) is 1.80. The smallest absolute Gasteiger partial charge is 0.436 e. The first-order valence-electron chi connectivity index (χ1n) is 3.58. The Kier molecular flexibility index (Phi) is 3.05. The fourth-order valence-electron chi connectivity index (χ4n) is 0.853. The van der Waals surface area contributed by atoms with Crippen LogP contribution in [0, 0.1) is 0 Å². The van der Waals surface area contributed by atoms with Crippen molar-refractivity contribution >= 4 is 23.2 Å². The van der Waals surface area contributed by atoms with Crippen molar-refractivity contribution in [2.24, 2.45) is 0 Å². The van der Waals surface area contributed by atoms with Gasteiger partial charge in [0.1, 0.15) is 0 Å². The van der Waals surface area contributed by atoms with E-state index in [0.717, 1.165) is 0 Å². The Labute approximate surface area is 89.3 Å². The van der Waals surface area contributed by atoms with Crippen molar-refractivity contribution in [2.45, 2.75) is 24.6 Å². The summed E-state index contributed by atoms with van der Waals surface area (Å²) < 4.78 is 79.5. The summed E-state index contributed by atoms with van der Waals surface area (Å²) in [5.41, 5.74) is 0. The van der Waals surface area contributed by atoms with Crippen molar-refractivity contribution in [1.29, 1.82) is 0 Å². The number of esters is 1. The number of halogens is 6. The van der Waals surface area contributed by atoms with E-state index in [9.17, 15) is 31.1 Å². The summed E-state index contributed by atoms with van der Waals surface area (Å²) in [6.07, 6.45) is -16.3. The summed E-state index contributed by atoms with van der Waals surface area (Å²) in [4.78, 5) is 10.6. The molecule has 92 valence electrons. The Bertz CT molecular complexity index is 289. The Balaban J connectivity index is 2.88. The van der Waals surface area contributed by atoms with E-state index in [1.807, 2.05) is 0 Å². The first-order valence-corrected chi connectivity index (χ1v) is 3.98. The third kappa shape index (κ3) is 2.54. The number of ether oxygens (including phenoxy) is 2. The van der Waals surface area contributed by atoms with Gasteiger partial charge in [0.25, 0.3) is 12.2 Å². The van der Waals surface area contributed by atoms with Gasteiger partial charge in [0.05, 0.1) is 0 Å². The van der Waals surface area contributed by atoms with Crippen LogP contribution in [0.15, 0.2) is 0 Å². The summed E-state index contributed by atoms with van der Waals surface area (Å²) in [6.45, 7) is 0. The molecule has 1 saturated heterocycles. The first-order chi connectivity index (χ1) is 7.03. The number of hydrogen-bond acceptors (Lipinski definition) is 4. The molecule has 10 heteroatoms. The molecule has 2 unspecified atom stereocenters. The third-order valence-electron chi connectivity index (χ3n) is 1.49. The zero-order valence-electron chi connectivity index (χ0n) is 7.06. The number of alkyl halides is 6. The van der Waals surface area contributed by atoms with Gasteiger partial charge in [0, 0.05) is 0 Å². The van der Waals surface area contributed by atoms with Gasteiger partial charge in [-0.1, -0.05) is 0 Å². The van der Waals surface area contributed by atoms with Gasteiger partial charge < -0.3 is 9.47 Å². The van der Waals surface area contributed by atoms with E-state index in [1.54, 1.807) is 0 Å². The van der Waals surface area contributed by atoms with Gasteiger partial charge in [0.2, 0.25) is 5.05 Å². The Morgan fingerprint density at radius 1 is 0.938 bits per heavy atom. The van der Waals surface area contributed by atoms with Crippen LogP contribution in [-0.2, 0) is 14.3 Å². The average molecular weight is 268 g/mol. The van der Waals surface area contributed by atoms with E-state index >= 15 is 0 Å². The minimum atomic E-state index is -5.17. The highest BCUT2D eigenvalue weighted by molar-refractivity contribution is 7.80. The summed E-state index contributed by atoms with van der Waals surface area (Å²) >= 11 is 3.95. The lowest BCUT2D eigenvalue weighted by Gasteiger charge is -2.31. The summed E-state index contributed by atoms with van der Waals surface area (Å²) in [7, 11) is 0. The van der Waals surface area contributed by atoms with Crippen molar-refractivity contribution in [1.82, 2.24) is 0 Å². The highest BCUT2D eigenvalue weighted by atomic mass is 32.1. The largest absolute Gasteiger partial charge is 0.458 e. The second kappa shape index (κ2) is 3.75. The number of thiocarbonyl (C=S) groups is 1. The molecule has 16 heavy (non-hydrogen) atoms. The highest BCUT2D eigenvalue weighted by Gasteiger charge is 2.58. The number of carbonyl (C=O) groups is 1. The number of carbonyl (C=O) groups excluding carboxylic acids is 1. The van der Waals surface area contributed by atoms with E-state index in [4.69, 9.17) is 0 Å². The lowest BCUT2D eigenvalue weighted by atomic mass is 10.2. The molecule has 1 fully saturated rings. The van der Waals surface area contributed by atoms with Crippen LogP contribution < -0.4 is 0 Å². The quantitative estimate of drug-likeness (QED) is 0.381. The first kappa shape index (κ1) is 13.0. The molecule has 0 amide bonds. The van der Waals surface area contributed by atoms with Crippen molar-refractivity contribution in [2.75, 3.05) is 0 Å². The average Bonchev–Trinajstić information content (AvgIpc) is 2.04. The maximum atomic E-state index is 12.1. The van der Waals surface area contributed by atoms with Crippen LogP contribution >= 0.6 is 12.2 Å². The van der Waals surface area contributed by atoms with Crippen molar-refractivity contribution < 1.29 is 40.6 Å². The van der Waals surface area contributed by atoms with Crippen molar-refractivity contribution in [3.63, 3.8) is 0 Å². The van der Waals surface area contributed by atoms with Crippen LogP contribution in [0.2, 0.25) is 0 Å². The molecule has 1 aliphatic heterocycles. The van der Waals surface area contributed by atoms with Gasteiger partial charge in [-0.3, -0.25) is 0 Å². The topological polar surface area (TPSA) is 35.5 Å². The Morgan fingerprint density at radius 3 is 1.75 bits per heavy atom. The fourth-order valence-corrected chi connectivity index (χ4v) is 1.13. The molecule has 0 radical (unpaired) electrons. The molecular formula is C6H2F6O3S. The number of hydrogen-bond donors (Lipinski definition) is 0. The SMILES string of the molecule is O=C1OC(C(F)(F)F)C(=S)OC1C(F)(F)F. The molecule has 0 aliphatic carbocycles. The van der Waals surface area contributed by atoms with Gasteiger partial charge in [-0.05, 0) is 12.2 Å². The predicted molar refractivity (Wildman–Crippen MR) is 39.5 cm³/mol. The molecule has 0 aromatic carbocycles. The second-order valence-corrected chi connectivity index (χ2v) is 3.12. The zero-order chi connectivity index (χ0) is 12.7. The molecule has 1 rings (SSSR count). The fraction of sp³-hybridized carbons (Fsp3) is 0.667. The van der Waals surface area contributed by atoms with Gasteiger partial charge >= 0.3 is 18.3 Å². The molecule has 3 nitrogen and oxygen atoms in total. The molecule has 1 heterocycles. The second-order valence-electron chi connectivity index (χ2n) is 2.72. The zero-order valence-corrected chi connectivity index (χ0v) is 7.87. The normalized spacial score (nSPS) is 27.4. The van der Waals surface area contributed by atoms with Gasteiger partial charge in [-0.25, -0.2) is 4.79 Å². The monoisotopic (exact) mass is 268 g/mol. The van der Waals surface area contributed by atoms with Crippen LogP contribution in [0.25, 0.3) is 0 Å². The Hall–Kier alpha value is -1.06. The Morgan fingerprint density at radius 2 is 1.38 bits per heavy atom. The van der Waals surface area contributed by atoms with Crippen LogP contribution in [0.4, 0.5) is 26.3 Å². The molecule has 0 N–H and O–H groups in total. The molecule has 1 aliphatic rings. The summed E-state index contributed by atoms with van der Waals surface area (Å²) in [5, 5.41) is -1.46. The number of rotatable bonds is 0. The van der Waals surface area contributed by atoms with Crippen LogP contribution in [0.5, 0.6) is 0 Å². The molecule has 0 bridgehead atoms. The van der Waals surface area contributed by atoms with Crippen molar-refractivity contribution in [3.8, 4) is 0 Å². The van der Waals surface area contributed by atoms with E-state index in [1.165, 1.54) is 0 Å². The summed E-state index contributed by atoms with van der Waals surface area (Å²) in [5.74, 6) is -2.16. The molecule has 0 spiro atoms. The highest BCUT2D eigenvalue weighted by Crippen LogP contribution is 2.33. The van der Waals surface area contributed by atoms with Crippen molar-refractivity contribution in [3.05, 3.63) is 0 Å². The molecule has 0 aromatic rings. The van der Waals surface area contributed by atoms with Crippen LogP contribution in [-0.4, -0.2) is 35.6 Å². The molecule has 2 atom stereocenters. The van der Waals surface area contributed by atoms with Crippen LogP contribution in [0.1, 0.15) is 0 Å². The minimum absolute atomic E-state index is 1.46. The molecule has 0 aromatic heterocycles.